The lowest BCUT2D eigenvalue weighted by atomic mass is 9.80. The van der Waals surface area contributed by atoms with Gasteiger partial charge < -0.3 is 15.0 Å². The van der Waals surface area contributed by atoms with Gasteiger partial charge in [0.15, 0.2) is 0 Å². The van der Waals surface area contributed by atoms with Gasteiger partial charge in [0.2, 0.25) is 11.8 Å². The van der Waals surface area contributed by atoms with E-state index in [1.165, 1.54) is 6.42 Å². The number of methoxy groups -OCH3 is 1. The van der Waals surface area contributed by atoms with E-state index in [2.05, 4.69) is 5.32 Å². The number of ether oxygens (including phenoxy) is 1. The van der Waals surface area contributed by atoms with Crippen LogP contribution in [0.5, 0.6) is 0 Å². The Morgan fingerprint density at radius 1 is 1.25 bits per heavy atom. The number of hydrogen-bond donors (Lipinski definition) is 1. The summed E-state index contributed by atoms with van der Waals surface area (Å²) in [5.41, 5.74) is -0.810. The first-order valence-electron chi connectivity index (χ1n) is 7.59. The molecule has 0 radical (unpaired) electrons. The maximum atomic E-state index is 12.6. The van der Waals surface area contributed by atoms with Crippen LogP contribution >= 0.6 is 0 Å². The molecule has 0 bridgehead atoms. The standard InChI is InChI=1S/C15H26N2O3/c1-15(2)14(19)17(9-10-20-3)12(13(18)16-15)11-7-5-4-6-8-11/h11-12H,4-10H2,1-3H3,(H,16,18). The van der Waals surface area contributed by atoms with Crippen LogP contribution in [0.4, 0.5) is 0 Å². The summed E-state index contributed by atoms with van der Waals surface area (Å²) in [6.45, 7) is 4.50. The third-order valence-electron chi connectivity index (χ3n) is 4.47. The van der Waals surface area contributed by atoms with Gasteiger partial charge >= 0.3 is 0 Å². The van der Waals surface area contributed by atoms with Gasteiger partial charge in [0, 0.05) is 13.7 Å². The second kappa shape index (κ2) is 6.12. The fourth-order valence-electron chi connectivity index (χ4n) is 3.41. The van der Waals surface area contributed by atoms with E-state index in [1.807, 2.05) is 0 Å². The number of piperazine rings is 1. The quantitative estimate of drug-likeness (QED) is 0.846. The Labute approximate surface area is 121 Å². The Kier molecular flexibility index (Phi) is 4.68. The Morgan fingerprint density at radius 3 is 2.50 bits per heavy atom. The molecule has 1 unspecified atom stereocenters. The molecule has 2 aliphatic rings. The van der Waals surface area contributed by atoms with Crippen molar-refractivity contribution in [1.82, 2.24) is 10.2 Å². The van der Waals surface area contributed by atoms with E-state index in [0.717, 1.165) is 25.7 Å². The summed E-state index contributed by atoms with van der Waals surface area (Å²) in [5, 5.41) is 2.89. The van der Waals surface area contributed by atoms with Crippen molar-refractivity contribution in [3.8, 4) is 0 Å². The molecule has 1 saturated heterocycles. The van der Waals surface area contributed by atoms with Gasteiger partial charge in [0.1, 0.15) is 11.6 Å². The first kappa shape index (κ1) is 15.3. The molecule has 1 heterocycles. The van der Waals surface area contributed by atoms with Crippen LogP contribution in [0.15, 0.2) is 0 Å². The lowest BCUT2D eigenvalue weighted by Crippen LogP contribution is -2.70. The smallest absolute Gasteiger partial charge is 0.248 e. The average molecular weight is 282 g/mol. The number of rotatable bonds is 4. The van der Waals surface area contributed by atoms with E-state index in [9.17, 15) is 9.59 Å². The van der Waals surface area contributed by atoms with Crippen LogP contribution in [0.25, 0.3) is 0 Å². The highest BCUT2D eigenvalue weighted by Crippen LogP contribution is 2.32. The number of carbonyl (C=O) groups is 2. The van der Waals surface area contributed by atoms with E-state index in [-0.39, 0.29) is 17.9 Å². The van der Waals surface area contributed by atoms with E-state index < -0.39 is 5.54 Å². The van der Waals surface area contributed by atoms with Crippen LogP contribution in [0, 0.1) is 5.92 Å². The van der Waals surface area contributed by atoms with Crippen molar-refractivity contribution in [2.45, 2.75) is 57.5 Å². The second-order valence-corrected chi connectivity index (χ2v) is 6.45. The fraction of sp³-hybridized carbons (Fsp3) is 0.867. The monoisotopic (exact) mass is 282 g/mol. The summed E-state index contributed by atoms with van der Waals surface area (Å²) in [7, 11) is 1.62. The topological polar surface area (TPSA) is 58.6 Å². The van der Waals surface area contributed by atoms with Crippen molar-refractivity contribution in [2.24, 2.45) is 5.92 Å². The maximum absolute atomic E-state index is 12.6. The van der Waals surface area contributed by atoms with Crippen LogP contribution in [0.1, 0.15) is 46.0 Å². The molecule has 0 aromatic heterocycles. The van der Waals surface area contributed by atoms with Crippen LogP contribution in [-0.2, 0) is 14.3 Å². The molecule has 1 aliphatic heterocycles. The SMILES string of the molecule is COCCN1C(=O)C(C)(C)NC(=O)C1C1CCCCC1. The minimum Gasteiger partial charge on any atom is -0.383 e. The Bertz CT molecular complexity index is 375. The third kappa shape index (κ3) is 2.97. The molecular formula is C15H26N2O3. The predicted molar refractivity (Wildman–Crippen MR) is 76.2 cm³/mol. The average Bonchev–Trinajstić information content (AvgIpc) is 2.41. The first-order chi connectivity index (χ1) is 9.47. The molecule has 0 aromatic carbocycles. The van der Waals surface area contributed by atoms with Crippen molar-refractivity contribution < 1.29 is 14.3 Å². The van der Waals surface area contributed by atoms with E-state index in [4.69, 9.17) is 4.74 Å². The van der Waals surface area contributed by atoms with Gasteiger partial charge in [0.25, 0.3) is 0 Å². The zero-order valence-electron chi connectivity index (χ0n) is 12.8. The third-order valence-corrected chi connectivity index (χ3v) is 4.47. The van der Waals surface area contributed by atoms with Crippen LogP contribution < -0.4 is 5.32 Å². The van der Waals surface area contributed by atoms with Gasteiger partial charge in [-0.1, -0.05) is 19.3 Å². The number of nitrogens with one attached hydrogen (secondary N) is 1. The fourth-order valence-corrected chi connectivity index (χ4v) is 3.41. The molecule has 0 spiro atoms. The van der Waals surface area contributed by atoms with E-state index >= 15 is 0 Å². The lowest BCUT2D eigenvalue weighted by Gasteiger charge is -2.46. The molecule has 2 rings (SSSR count). The first-order valence-corrected chi connectivity index (χ1v) is 7.59. The highest BCUT2D eigenvalue weighted by Gasteiger charge is 2.47. The van der Waals surface area contributed by atoms with Crippen molar-refractivity contribution >= 4 is 11.8 Å². The number of nitrogens with zero attached hydrogens (tertiary/aromatic N) is 1. The molecule has 114 valence electrons. The number of amides is 2. The van der Waals surface area contributed by atoms with Crippen molar-refractivity contribution in [2.75, 3.05) is 20.3 Å². The highest BCUT2D eigenvalue weighted by molar-refractivity contribution is 5.99. The lowest BCUT2D eigenvalue weighted by molar-refractivity contribution is -0.157. The second-order valence-electron chi connectivity index (χ2n) is 6.45. The summed E-state index contributed by atoms with van der Waals surface area (Å²) in [6.07, 6.45) is 5.63. The van der Waals surface area contributed by atoms with Crippen molar-refractivity contribution in [3.63, 3.8) is 0 Å². The maximum Gasteiger partial charge on any atom is 0.248 e. The van der Waals surface area contributed by atoms with Gasteiger partial charge in [-0.25, -0.2) is 0 Å². The number of carbonyl (C=O) groups excluding carboxylic acids is 2. The van der Waals surface area contributed by atoms with Crippen LogP contribution in [0.2, 0.25) is 0 Å². The summed E-state index contributed by atoms with van der Waals surface area (Å²) in [6, 6.07) is -0.314. The predicted octanol–water partition coefficient (Wildman–Crippen LogP) is 1.32. The zero-order chi connectivity index (χ0) is 14.8. The van der Waals surface area contributed by atoms with Crippen molar-refractivity contribution in [1.29, 1.82) is 0 Å². The molecular weight excluding hydrogens is 256 g/mol. The van der Waals surface area contributed by atoms with Gasteiger partial charge in [-0.15, -0.1) is 0 Å². The molecule has 2 amide bonds. The Balaban J connectivity index is 2.20. The summed E-state index contributed by atoms with van der Waals surface area (Å²) >= 11 is 0. The molecule has 2 fully saturated rings. The zero-order valence-corrected chi connectivity index (χ0v) is 12.8. The van der Waals surface area contributed by atoms with Gasteiger partial charge in [-0.3, -0.25) is 9.59 Å². The van der Waals surface area contributed by atoms with Crippen molar-refractivity contribution in [3.05, 3.63) is 0 Å². The molecule has 1 aliphatic carbocycles. The van der Waals surface area contributed by atoms with E-state index in [1.54, 1.807) is 25.9 Å². The van der Waals surface area contributed by atoms with Gasteiger partial charge in [0.05, 0.1) is 6.61 Å². The van der Waals surface area contributed by atoms with E-state index in [0.29, 0.717) is 19.1 Å². The van der Waals surface area contributed by atoms with Gasteiger partial charge in [-0.05, 0) is 32.6 Å². The van der Waals surface area contributed by atoms with Gasteiger partial charge in [-0.2, -0.15) is 0 Å². The number of hydrogen-bond acceptors (Lipinski definition) is 3. The highest BCUT2D eigenvalue weighted by atomic mass is 16.5. The molecule has 20 heavy (non-hydrogen) atoms. The Hall–Kier alpha value is -1.10. The minimum atomic E-state index is -0.810. The summed E-state index contributed by atoms with van der Waals surface area (Å²) < 4.78 is 5.11. The molecule has 5 heteroatoms. The Morgan fingerprint density at radius 2 is 1.90 bits per heavy atom. The molecule has 5 nitrogen and oxygen atoms in total. The molecule has 0 aromatic rings. The summed E-state index contributed by atoms with van der Waals surface area (Å²) in [4.78, 5) is 26.8. The minimum absolute atomic E-state index is 0.00222. The van der Waals surface area contributed by atoms with Crippen LogP contribution in [-0.4, -0.2) is 48.6 Å². The molecule has 1 atom stereocenters. The molecule has 1 N–H and O–H groups in total. The molecule has 1 saturated carbocycles. The summed E-state index contributed by atoms with van der Waals surface area (Å²) in [5.74, 6) is 0.294. The largest absolute Gasteiger partial charge is 0.383 e. The normalized spacial score (nSPS) is 27.6. The van der Waals surface area contributed by atoms with Crippen LogP contribution in [0.3, 0.4) is 0 Å².